The summed E-state index contributed by atoms with van der Waals surface area (Å²) in [5, 5.41) is 4.19. The zero-order valence-corrected chi connectivity index (χ0v) is 13.1. The number of benzene rings is 1. The van der Waals surface area contributed by atoms with E-state index in [9.17, 15) is 4.39 Å². The summed E-state index contributed by atoms with van der Waals surface area (Å²) in [5.74, 6) is -0.156. The Morgan fingerprint density at radius 3 is 2.90 bits per heavy atom. The van der Waals surface area contributed by atoms with Crippen LogP contribution in [0, 0.1) is 5.82 Å². The van der Waals surface area contributed by atoms with Crippen LogP contribution in [-0.2, 0) is 6.54 Å². The van der Waals surface area contributed by atoms with Gasteiger partial charge in [0.1, 0.15) is 5.82 Å². The summed E-state index contributed by atoms with van der Waals surface area (Å²) in [6, 6.07) is 5.82. The summed E-state index contributed by atoms with van der Waals surface area (Å²) in [6.45, 7) is 7.01. The van der Waals surface area contributed by atoms with E-state index in [1.807, 2.05) is 0 Å². The van der Waals surface area contributed by atoms with Crippen LogP contribution >= 0.6 is 11.6 Å². The average molecular weight is 299 g/mol. The third kappa shape index (κ3) is 3.94. The van der Waals surface area contributed by atoms with Gasteiger partial charge in [-0.05, 0) is 31.0 Å². The van der Waals surface area contributed by atoms with Gasteiger partial charge in [0.05, 0.1) is 0 Å². The van der Waals surface area contributed by atoms with Gasteiger partial charge in [-0.3, -0.25) is 4.90 Å². The van der Waals surface area contributed by atoms with Crippen molar-refractivity contribution in [3.05, 3.63) is 34.6 Å². The molecule has 0 saturated carbocycles. The maximum atomic E-state index is 13.9. The molecule has 1 aromatic carbocycles. The fourth-order valence-corrected chi connectivity index (χ4v) is 3.09. The van der Waals surface area contributed by atoms with Crippen LogP contribution in [0.5, 0.6) is 0 Å². The normalized spacial score (nSPS) is 24.0. The van der Waals surface area contributed by atoms with E-state index in [0.29, 0.717) is 29.2 Å². The Kier molecular flexibility index (Phi) is 5.82. The lowest BCUT2D eigenvalue weighted by Crippen LogP contribution is -2.55. The van der Waals surface area contributed by atoms with Crippen molar-refractivity contribution in [1.29, 1.82) is 0 Å². The van der Waals surface area contributed by atoms with E-state index < -0.39 is 0 Å². The SMILES string of the molecule is CCCC1CNC(CC)CN1Cc1cc(Cl)ccc1F. The van der Waals surface area contributed by atoms with Crippen LogP contribution in [0.1, 0.15) is 38.7 Å². The number of rotatable bonds is 5. The summed E-state index contributed by atoms with van der Waals surface area (Å²) in [5.41, 5.74) is 0.704. The predicted molar refractivity (Wildman–Crippen MR) is 82.6 cm³/mol. The summed E-state index contributed by atoms with van der Waals surface area (Å²) in [7, 11) is 0. The van der Waals surface area contributed by atoms with Crippen LogP contribution in [0.15, 0.2) is 18.2 Å². The number of hydrogen-bond donors (Lipinski definition) is 1. The van der Waals surface area contributed by atoms with Gasteiger partial charge in [0.25, 0.3) is 0 Å². The molecule has 2 atom stereocenters. The van der Waals surface area contributed by atoms with Crippen molar-refractivity contribution in [2.45, 2.75) is 51.7 Å². The number of nitrogens with one attached hydrogen (secondary N) is 1. The molecule has 0 radical (unpaired) electrons. The highest BCUT2D eigenvalue weighted by Gasteiger charge is 2.26. The van der Waals surface area contributed by atoms with E-state index in [1.54, 1.807) is 12.1 Å². The smallest absolute Gasteiger partial charge is 0.127 e. The first-order valence-electron chi connectivity index (χ1n) is 7.55. The van der Waals surface area contributed by atoms with E-state index in [1.165, 1.54) is 6.07 Å². The number of halogens is 2. The molecule has 20 heavy (non-hydrogen) atoms. The fourth-order valence-electron chi connectivity index (χ4n) is 2.90. The van der Waals surface area contributed by atoms with E-state index in [-0.39, 0.29) is 5.82 Å². The molecule has 0 aliphatic carbocycles. The van der Waals surface area contributed by atoms with Crippen molar-refractivity contribution in [1.82, 2.24) is 10.2 Å². The Balaban J connectivity index is 2.11. The Labute approximate surface area is 126 Å². The minimum Gasteiger partial charge on any atom is -0.311 e. The second-order valence-electron chi connectivity index (χ2n) is 5.62. The van der Waals surface area contributed by atoms with Crippen molar-refractivity contribution < 1.29 is 4.39 Å². The monoisotopic (exact) mass is 298 g/mol. The van der Waals surface area contributed by atoms with Gasteiger partial charge in [0.15, 0.2) is 0 Å². The Hall–Kier alpha value is -0.640. The van der Waals surface area contributed by atoms with Gasteiger partial charge in [-0.1, -0.05) is 31.9 Å². The molecule has 112 valence electrons. The highest BCUT2D eigenvalue weighted by molar-refractivity contribution is 6.30. The van der Waals surface area contributed by atoms with Gasteiger partial charge in [0, 0.05) is 42.3 Å². The van der Waals surface area contributed by atoms with E-state index in [0.717, 1.165) is 32.4 Å². The van der Waals surface area contributed by atoms with Gasteiger partial charge in [-0.25, -0.2) is 4.39 Å². The predicted octanol–water partition coefficient (Wildman–Crippen LogP) is 3.83. The van der Waals surface area contributed by atoms with Crippen molar-refractivity contribution in [2.24, 2.45) is 0 Å². The minimum absolute atomic E-state index is 0.156. The Bertz CT molecular complexity index is 438. The quantitative estimate of drug-likeness (QED) is 0.889. The molecular weight excluding hydrogens is 275 g/mol. The molecule has 2 unspecified atom stereocenters. The fraction of sp³-hybridized carbons (Fsp3) is 0.625. The molecule has 1 saturated heterocycles. The third-order valence-electron chi connectivity index (χ3n) is 4.11. The molecule has 1 N–H and O–H groups in total. The van der Waals surface area contributed by atoms with Gasteiger partial charge in [-0.15, -0.1) is 0 Å². The standard InChI is InChI=1S/C16H24ClFN2/c1-3-5-15-9-19-14(4-2)11-20(15)10-12-8-13(17)6-7-16(12)18/h6-8,14-15,19H,3-5,9-11H2,1-2H3. The van der Waals surface area contributed by atoms with Crippen molar-refractivity contribution in [2.75, 3.05) is 13.1 Å². The third-order valence-corrected chi connectivity index (χ3v) is 4.34. The Morgan fingerprint density at radius 2 is 2.20 bits per heavy atom. The zero-order valence-electron chi connectivity index (χ0n) is 12.3. The molecular formula is C16H24ClFN2. The summed E-state index contributed by atoms with van der Waals surface area (Å²) in [6.07, 6.45) is 3.40. The van der Waals surface area contributed by atoms with Crippen LogP contribution in [0.2, 0.25) is 5.02 Å². The summed E-state index contributed by atoms with van der Waals surface area (Å²) >= 11 is 5.99. The second-order valence-corrected chi connectivity index (χ2v) is 6.06. The van der Waals surface area contributed by atoms with Gasteiger partial charge in [0.2, 0.25) is 0 Å². The number of piperazine rings is 1. The number of nitrogens with zero attached hydrogens (tertiary/aromatic N) is 1. The molecule has 0 amide bonds. The van der Waals surface area contributed by atoms with E-state index in [2.05, 4.69) is 24.1 Å². The van der Waals surface area contributed by atoms with E-state index >= 15 is 0 Å². The number of hydrogen-bond acceptors (Lipinski definition) is 2. The first-order chi connectivity index (χ1) is 9.63. The van der Waals surface area contributed by atoms with Crippen molar-refractivity contribution in [3.63, 3.8) is 0 Å². The lowest BCUT2D eigenvalue weighted by molar-refractivity contribution is 0.112. The minimum atomic E-state index is -0.156. The molecule has 1 aromatic rings. The summed E-state index contributed by atoms with van der Waals surface area (Å²) in [4.78, 5) is 2.41. The first-order valence-corrected chi connectivity index (χ1v) is 7.93. The Morgan fingerprint density at radius 1 is 1.40 bits per heavy atom. The zero-order chi connectivity index (χ0) is 14.5. The molecule has 0 spiro atoms. The molecule has 4 heteroatoms. The molecule has 1 aliphatic heterocycles. The highest BCUT2D eigenvalue weighted by atomic mass is 35.5. The maximum absolute atomic E-state index is 13.9. The van der Waals surface area contributed by atoms with Crippen molar-refractivity contribution >= 4 is 11.6 Å². The molecule has 0 aromatic heterocycles. The second kappa shape index (κ2) is 7.39. The van der Waals surface area contributed by atoms with Gasteiger partial charge in [-0.2, -0.15) is 0 Å². The molecule has 1 aliphatic rings. The van der Waals surface area contributed by atoms with Crippen molar-refractivity contribution in [3.8, 4) is 0 Å². The van der Waals surface area contributed by atoms with Crippen LogP contribution in [-0.4, -0.2) is 30.1 Å². The average Bonchev–Trinajstić information content (AvgIpc) is 2.45. The maximum Gasteiger partial charge on any atom is 0.127 e. The van der Waals surface area contributed by atoms with Gasteiger partial charge < -0.3 is 5.32 Å². The molecule has 2 rings (SSSR count). The van der Waals surface area contributed by atoms with Crippen LogP contribution < -0.4 is 5.32 Å². The lowest BCUT2D eigenvalue weighted by atomic mass is 10.0. The lowest BCUT2D eigenvalue weighted by Gasteiger charge is -2.40. The first kappa shape index (κ1) is 15.7. The van der Waals surface area contributed by atoms with Crippen LogP contribution in [0.25, 0.3) is 0 Å². The highest BCUT2D eigenvalue weighted by Crippen LogP contribution is 2.21. The summed E-state index contributed by atoms with van der Waals surface area (Å²) < 4.78 is 13.9. The van der Waals surface area contributed by atoms with Crippen LogP contribution in [0.4, 0.5) is 4.39 Å². The van der Waals surface area contributed by atoms with Gasteiger partial charge >= 0.3 is 0 Å². The molecule has 1 fully saturated rings. The largest absolute Gasteiger partial charge is 0.311 e. The topological polar surface area (TPSA) is 15.3 Å². The molecule has 2 nitrogen and oxygen atoms in total. The van der Waals surface area contributed by atoms with E-state index in [4.69, 9.17) is 11.6 Å². The molecule has 0 bridgehead atoms. The molecule has 1 heterocycles. The van der Waals surface area contributed by atoms with Crippen LogP contribution in [0.3, 0.4) is 0 Å².